The minimum Gasteiger partial charge on any atom is -0.423 e. The molecule has 4 rings (SSSR count). The summed E-state index contributed by atoms with van der Waals surface area (Å²) in [5.74, 6) is -0.456. The van der Waals surface area contributed by atoms with Crippen LogP contribution in [0.15, 0.2) is 71.6 Å². The molecule has 0 bridgehead atoms. The number of benzene rings is 3. The topological polar surface area (TPSA) is 63.7 Å². The Morgan fingerprint density at radius 1 is 0.970 bits per heavy atom. The number of ether oxygens (including phenoxy) is 1. The molecule has 1 heterocycles. The van der Waals surface area contributed by atoms with Crippen LogP contribution in [0.5, 0.6) is 5.75 Å². The first-order valence-corrected chi connectivity index (χ1v) is 11.5. The van der Waals surface area contributed by atoms with Crippen molar-refractivity contribution in [3.05, 3.63) is 104 Å². The Kier molecular flexibility index (Phi) is 6.88. The van der Waals surface area contributed by atoms with E-state index in [-0.39, 0.29) is 17.7 Å². The summed E-state index contributed by atoms with van der Waals surface area (Å²) >= 11 is 12.8. The molecule has 1 aliphatic rings. The van der Waals surface area contributed by atoms with Crippen LogP contribution in [0.2, 0.25) is 10.0 Å². The van der Waals surface area contributed by atoms with Crippen molar-refractivity contribution in [1.29, 1.82) is 0 Å². The molecule has 3 aromatic rings. The summed E-state index contributed by atoms with van der Waals surface area (Å²) < 4.78 is 5.39. The number of nitrogens with zero attached hydrogens (tertiary/aromatic N) is 1. The number of esters is 1. The monoisotopic (exact) mass is 497 g/mol. The first-order valence-electron chi connectivity index (χ1n) is 9.88. The quantitative estimate of drug-likeness (QED) is 0.221. The van der Waals surface area contributed by atoms with Crippen molar-refractivity contribution in [2.45, 2.75) is 13.5 Å². The summed E-state index contributed by atoms with van der Waals surface area (Å²) in [4.78, 5) is 38.9. The number of halogens is 2. The molecule has 1 aliphatic heterocycles. The van der Waals surface area contributed by atoms with Crippen LogP contribution in [0, 0.1) is 6.92 Å². The van der Waals surface area contributed by atoms with Crippen LogP contribution in [0.25, 0.3) is 6.08 Å². The van der Waals surface area contributed by atoms with E-state index in [9.17, 15) is 14.4 Å². The van der Waals surface area contributed by atoms with Gasteiger partial charge in [0, 0.05) is 0 Å². The molecule has 5 nitrogen and oxygen atoms in total. The Morgan fingerprint density at radius 2 is 1.67 bits per heavy atom. The van der Waals surface area contributed by atoms with Crippen LogP contribution in [-0.4, -0.2) is 22.0 Å². The van der Waals surface area contributed by atoms with Gasteiger partial charge in [0.25, 0.3) is 11.1 Å². The van der Waals surface area contributed by atoms with Crippen LogP contribution in [0.1, 0.15) is 27.0 Å². The molecule has 0 saturated carbocycles. The van der Waals surface area contributed by atoms with Gasteiger partial charge in [-0.1, -0.05) is 59.1 Å². The second kappa shape index (κ2) is 9.83. The zero-order valence-electron chi connectivity index (χ0n) is 17.4. The summed E-state index contributed by atoms with van der Waals surface area (Å²) in [6.07, 6.45) is 1.63. The normalized spacial score (nSPS) is 14.8. The van der Waals surface area contributed by atoms with Gasteiger partial charge in [0.1, 0.15) is 5.75 Å². The highest BCUT2D eigenvalue weighted by molar-refractivity contribution is 8.18. The first-order chi connectivity index (χ1) is 15.8. The van der Waals surface area contributed by atoms with Crippen LogP contribution >= 0.6 is 35.0 Å². The third kappa shape index (κ3) is 5.47. The second-order valence-corrected chi connectivity index (χ2v) is 9.15. The first kappa shape index (κ1) is 23.1. The lowest BCUT2D eigenvalue weighted by Crippen LogP contribution is -2.27. The summed E-state index contributed by atoms with van der Waals surface area (Å²) in [5, 5.41) is 0.406. The van der Waals surface area contributed by atoms with E-state index in [1.54, 1.807) is 60.7 Å². The molecule has 1 fully saturated rings. The van der Waals surface area contributed by atoms with Crippen LogP contribution in [0.4, 0.5) is 4.79 Å². The third-order valence-corrected chi connectivity index (χ3v) is 6.52. The van der Waals surface area contributed by atoms with Gasteiger partial charge >= 0.3 is 5.97 Å². The molecule has 8 heteroatoms. The molecule has 1 saturated heterocycles. The van der Waals surface area contributed by atoms with Gasteiger partial charge in [-0.3, -0.25) is 14.5 Å². The van der Waals surface area contributed by atoms with Crippen molar-refractivity contribution in [2.24, 2.45) is 0 Å². The van der Waals surface area contributed by atoms with Crippen LogP contribution < -0.4 is 4.74 Å². The summed E-state index contributed by atoms with van der Waals surface area (Å²) in [6.45, 7) is 2.04. The van der Waals surface area contributed by atoms with E-state index >= 15 is 0 Å². The average molecular weight is 498 g/mol. The largest absolute Gasteiger partial charge is 0.423 e. The van der Waals surface area contributed by atoms with E-state index in [2.05, 4.69) is 0 Å². The molecular weight excluding hydrogens is 481 g/mol. The predicted molar refractivity (Wildman–Crippen MR) is 131 cm³/mol. The summed E-state index contributed by atoms with van der Waals surface area (Å²) in [5.41, 5.74) is 2.91. The van der Waals surface area contributed by atoms with Gasteiger partial charge in [-0.15, -0.1) is 0 Å². The Balaban J connectivity index is 1.43. The molecular formula is C25H17Cl2NO4S. The van der Waals surface area contributed by atoms with Gasteiger partial charge < -0.3 is 4.74 Å². The van der Waals surface area contributed by atoms with Crippen molar-refractivity contribution in [1.82, 2.24) is 4.90 Å². The standard InChI is InChI=1S/C25H17Cl2NO4S/c1-15-2-7-18(8-3-15)24(30)32-19-9-4-16(5-10-19)13-22-23(29)28(25(31)33-22)14-17-6-11-20(26)21(27)12-17/h2-13H,14H2,1H3/b22-13-. The number of hydrogen-bond acceptors (Lipinski definition) is 5. The van der Waals surface area contributed by atoms with Crippen molar-refractivity contribution in [2.75, 3.05) is 0 Å². The maximum absolute atomic E-state index is 12.8. The average Bonchev–Trinajstić information content (AvgIpc) is 3.05. The molecule has 0 N–H and O–H groups in total. The SMILES string of the molecule is Cc1ccc(C(=O)Oc2ccc(/C=C3\SC(=O)N(Cc4ccc(Cl)c(Cl)c4)C3=O)cc2)cc1. The number of carbonyl (C=O) groups is 3. The van der Waals surface area contributed by atoms with Gasteiger partial charge in [-0.25, -0.2) is 4.79 Å². The van der Waals surface area contributed by atoms with E-state index < -0.39 is 5.97 Å². The second-order valence-electron chi connectivity index (χ2n) is 7.34. The molecule has 2 amide bonds. The molecule has 0 radical (unpaired) electrons. The van der Waals surface area contributed by atoms with Gasteiger partial charge in [-0.05, 0) is 72.3 Å². The molecule has 33 heavy (non-hydrogen) atoms. The maximum Gasteiger partial charge on any atom is 0.343 e. The Morgan fingerprint density at radius 3 is 2.33 bits per heavy atom. The van der Waals surface area contributed by atoms with Gasteiger partial charge in [-0.2, -0.15) is 0 Å². The molecule has 166 valence electrons. The van der Waals surface area contributed by atoms with E-state index in [1.807, 2.05) is 19.1 Å². The third-order valence-electron chi connectivity index (χ3n) is 4.87. The Labute approximate surface area is 204 Å². The van der Waals surface area contributed by atoms with E-state index in [1.165, 1.54) is 0 Å². The van der Waals surface area contributed by atoms with E-state index in [0.29, 0.717) is 37.4 Å². The number of carbonyl (C=O) groups excluding carboxylic acids is 3. The summed E-state index contributed by atoms with van der Waals surface area (Å²) in [6, 6.07) is 18.8. The highest BCUT2D eigenvalue weighted by atomic mass is 35.5. The number of thioether (sulfide) groups is 1. The number of hydrogen-bond donors (Lipinski definition) is 0. The highest BCUT2D eigenvalue weighted by Gasteiger charge is 2.35. The lowest BCUT2D eigenvalue weighted by Gasteiger charge is -2.12. The molecule has 0 unspecified atom stereocenters. The number of aryl methyl sites for hydroxylation is 1. The van der Waals surface area contributed by atoms with Gasteiger partial charge in [0.15, 0.2) is 0 Å². The lowest BCUT2D eigenvalue weighted by atomic mass is 10.1. The van der Waals surface area contributed by atoms with Crippen molar-refractivity contribution in [3.8, 4) is 5.75 Å². The highest BCUT2D eigenvalue weighted by Crippen LogP contribution is 2.34. The zero-order chi connectivity index (χ0) is 23.5. The summed E-state index contributed by atoms with van der Waals surface area (Å²) in [7, 11) is 0. The molecule has 0 spiro atoms. The molecule has 0 atom stereocenters. The van der Waals surface area contributed by atoms with Crippen LogP contribution in [0.3, 0.4) is 0 Å². The minimum atomic E-state index is -0.453. The fourth-order valence-electron chi connectivity index (χ4n) is 3.10. The van der Waals surface area contributed by atoms with Gasteiger partial charge in [0.2, 0.25) is 0 Å². The Hall–Kier alpha value is -3.06. The molecule has 0 aromatic heterocycles. The van der Waals surface area contributed by atoms with Gasteiger partial charge in [0.05, 0.1) is 27.1 Å². The van der Waals surface area contributed by atoms with Crippen molar-refractivity contribution >= 4 is 58.2 Å². The predicted octanol–water partition coefficient (Wildman–Crippen LogP) is 6.76. The maximum atomic E-state index is 12.8. The van der Waals surface area contributed by atoms with E-state index in [4.69, 9.17) is 27.9 Å². The van der Waals surface area contributed by atoms with E-state index in [0.717, 1.165) is 22.2 Å². The Bertz CT molecular complexity index is 1270. The minimum absolute atomic E-state index is 0.104. The number of imide groups is 1. The lowest BCUT2D eigenvalue weighted by molar-refractivity contribution is -0.123. The number of rotatable bonds is 5. The van der Waals surface area contributed by atoms with Crippen LogP contribution in [-0.2, 0) is 11.3 Å². The fraction of sp³-hybridized carbons (Fsp3) is 0.0800. The molecule has 0 aliphatic carbocycles. The zero-order valence-corrected chi connectivity index (χ0v) is 19.7. The number of amides is 2. The molecule has 3 aromatic carbocycles. The fourth-order valence-corrected chi connectivity index (χ4v) is 4.25. The van der Waals surface area contributed by atoms with Crippen molar-refractivity contribution < 1.29 is 19.1 Å². The smallest absolute Gasteiger partial charge is 0.343 e. The van der Waals surface area contributed by atoms with Crippen molar-refractivity contribution in [3.63, 3.8) is 0 Å².